The molecule has 0 unspecified atom stereocenters. The zero-order chi connectivity index (χ0) is 42.9. The highest BCUT2D eigenvalue weighted by atomic mass is 19.3. The van der Waals surface area contributed by atoms with E-state index >= 15 is 0 Å². The zero-order valence-electron chi connectivity index (χ0n) is 33.4. The van der Waals surface area contributed by atoms with Crippen LogP contribution in [-0.4, -0.2) is 105 Å². The fourth-order valence-corrected chi connectivity index (χ4v) is 7.73. The summed E-state index contributed by atoms with van der Waals surface area (Å²) < 4.78 is 51.1. The van der Waals surface area contributed by atoms with Crippen molar-refractivity contribution in [1.82, 2.24) is 34.3 Å². The number of nitrogens with zero attached hydrogens (tertiary/aromatic N) is 9. The summed E-state index contributed by atoms with van der Waals surface area (Å²) in [6.45, 7) is 2.65. The molecule has 2 saturated heterocycles. The molecule has 0 radical (unpaired) electrons. The molecular formula is C43H40F3N9O6. The minimum absolute atomic E-state index is 0.156. The lowest BCUT2D eigenvalue weighted by molar-refractivity contribution is -0.0499. The molecule has 2 fully saturated rings. The van der Waals surface area contributed by atoms with Crippen LogP contribution in [0.2, 0.25) is 0 Å². The number of aromatic nitrogens is 5. The summed E-state index contributed by atoms with van der Waals surface area (Å²) in [6, 6.07) is 23.3. The number of fused-ring (bicyclic) bond motifs is 3. The Hall–Kier alpha value is -7.24. The van der Waals surface area contributed by atoms with E-state index in [4.69, 9.17) is 4.42 Å². The number of aryl methyl sites for hydroxylation is 3. The topological polar surface area (TPSA) is 152 Å². The van der Waals surface area contributed by atoms with Gasteiger partial charge in [0, 0.05) is 102 Å². The second-order valence-electron chi connectivity index (χ2n) is 14.6. The normalized spacial score (nSPS) is 14.5. The van der Waals surface area contributed by atoms with Gasteiger partial charge in [-0.2, -0.15) is 19.0 Å². The van der Waals surface area contributed by atoms with Gasteiger partial charge in [0.05, 0.1) is 16.5 Å². The highest BCUT2D eigenvalue weighted by Gasteiger charge is 2.28. The number of benzene rings is 4. The molecule has 0 bridgehead atoms. The molecule has 3 aromatic heterocycles. The molecule has 4 aromatic carbocycles. The number of amides is 2. The molecular weight excluding hydrogens is 796 g/mol. The number of halogens is 3. The van der Waals surface area contributed by atoms with Gasteiger partial charge in [0.25, 0.3) is 22.9 Å². The number of hydrogen-bond donors (Lipinski definition) is 0. The van der Waals surface area contributed by atoms with Crippen molar-refractivity contribution in [1.29, 1.82) is 0 Å². The van der Waals surface area contributed by atoms with Crippen molar-refractivity contribution in [3.63, 3.8) is 0 Å². The summed E-state index contributed by atoms with van der Waals surface area (Å²) in [6.07, 6.45) is 0. The Bertz CT molecular complexity index is 2920. The Morgan fingerprint density at radius 2 is 1.18 bits per heavy atom. The van der Waals surface area contributed by atoms with E-state index in [1.165, 1.54) is 23.9 Å². The molecule has 2 aliphatic rings. The van der Waals surface area contributed by atoms with Crippen LogP contribution in [0.1, 0.15) is 26.9 Å². The predicted octanol–water partition coefficient (Wildman–Crippen LogP) is 4.98. The van der Waals surface area contributed by atoms with Crippen molar-refractivity contribution in [2.75, 3.05) is 62.2 Å². The van der Waals surface area contributed by atoms with Crippen LogP contribution >= 0.6 is 0 Å². The summed E-state index contributed by atoms with van der Waals surface area (Å²) in [5.41, 5.74) is 3.04. The van der Waals surface area contributed by atoms with Crippen molar-refractivity contribution >= 4 is 55.8 Å². The SMILES string of the molecule is Cc1nc2c(N3CCN(C(=O)c4nn(C)c(=O)c5ccccc45)CC3)cccc2o1.Cn1nc(C(=O)N2CCN(c3cc(F)cc(OC(F)F)c3)CC2)c2ccccc2c1=O. The van der Waals surface area contributed by atoms with Crippen LogP contribution < -0.4 is 25.7 Å². The lowest BCUT2D eigenvalue weighted by atomic mass is 10.1. The lowest BCUT2D eigenvalue weighted by Crippen LogP contribution is -2.49. The van der Waals surface area contributed by atoms with Gasteiger partial charge in [0.15, 0.2) is 22.9 Å². The quantitative estimate of drug-likeness (QED) is 0.223. The highest BCUT2D eigenvalue weighted by Crippen LogP contribution is 2.29. The van der Waals surface area contributed by atoms with Gasteiger partial charge in [0.1, 0.15) is 17.1 Å². The molecule has 2 aliphatic heterocycles. The molecule has 18 heteroatoms. The lowest BCUT2D eigenvalue weighted by Gasteiger charge is -2.36. The molecule has 61 heavy (non-hydrogen) atoms. The fraction of sp³-hybridized carbons (Fsp3) is 0.279. The van der Waals surface area contributed by atoms with Crippen molar-refractivity contribution in [2.45, 2.75) is 13.5 Å². The molecule has 15 nitrogen and oxygen atoms in total. The van der Waals surface area contributed by atoms with Gasteiger partial charge in [-0.1, -0.05) is 42.5 Å². The predicted molar refractivity (Wildman–Crippen MR) is 222 cm³/mol. The summed E-state index contributed by atoms with van der Waals surface area (Å²) >= 11 is 0. The minimum atomic E-state index is -3.05. The van der Waals surface area contributed by atoms with Crippen molar-refractivity contribution < 1.29 is 31.9 Å². The maximum Gasteiger partial charge on any atom is 0.387 e. The number of oxazole rings is 1. The third-order valence-electron chi connectivity index (χ3n) is 10.7. The monoisotopic (exact) mass is 835 g/mol. The first-order valence-electron chi connectivity index (χ1n) is 19.5. The third-order valence-corrected chi connectivity index (χ3v) is 10.7. The third kappa shape index (κ3) is 8.20. The van der Waals surface area contributed by atoms with Crippen LogP contribution in [0.15, 0.2) is 98.9 Å². The number of para-hydroxylation sites is 1. The van der Waals surface area contributed by atoms with E-state index in [1.807, 2.05) is 31.2 Å². The van der Waals surface area contributed by atoms with Crippen molar-refractivity contribution in [3.05, 3.63) is 129 Å². The number of carbonyl (C=O) groups is 2. The fourth-order valence-electron chi connectivity index (χ4n) is 7.73. The van der Waals surface area contributed by atoms with Crippen LogP contribution in [0.25, 0.3) is 32.6 Å². The van der Waals surface area contributed by atoms with E-state index < -0.39 is 12.4 Å². The molecule has 5 heterocycles. The van der Waals surface area contributed by atoms with E-state index in [9.17, 15) is 32.3 Å². The Morgan fingerprint density at radius 3 is 1.70 bits per heavy atom. The van der Waals surface area contributed by atoms with E-state index in [0.717, 1.165) is 27.5 Å². The summed E-state index contributed by atoms with van der Waals surface area (Å²) in [5.74, 6) is -0.778. The second-order valence-corrected chi connectivity index (χ2v) is 14.6. The Labute approximate surface area is 345 Å². The second kappa shape index (κ2) is 16.8. The van der Waals surface area contributed by atoms with E-state index in [2.05, 4.69) is 24.8 Å². The van der Waals surface area contributed by atoms with E-state index in [-0.39, 0.29) is 34.4 Å². The van der Waals surface area contributed by atoms with Gasteiger partial charge >= 0.3 is 6.61 Å². The molecule has 314 valence electrons. The number of alkyl halides is 2. The first kappa shape index (κ1) is 40.5. The van der Waals surface area contributed by atoms with Gasteiger partial charge in [-0.05, 0) is 30.3 Å². The summed E-state index contributed by atoms with van der Waals surface area (Å²) in [5, 5.41) is 10.4. The zero-order valence-corrected chi connectivity index (χ0v) is 33.4. The number of rotatable bonds is 6. The molecule has 0 saturated carbocycles. The van der Waals surface area contributed by atoms with E-state index in [0.29, 0.717) is 91.2 Å². The Balaban J connectivity index is 0.000000168. The Morgan fingerprint density at radius 1 is 0.672 bits per heavy atom. The van der Waals surface area contributed by atoms with Crippen LogP contribution in [0, 0.1) is 12.7 Å². The molecule has 2 amide bonds. The van der Waals surface area contributed by atoms with Gasteiger partial charge in [-0.25, -0.2) is 18.7 Å². The van der Waals surface area contributed by atoms with Gasteiger partial charge in [-0.15, -0.1) is 0 Å². The Kier molecular flexibility index (Phi) is 11.2. The number of carbonyl (C=O) groups excluding carboxylic acids is 2. The first-order valence-corrected chi connectivity index (χ1v) is 19.5. The summed E-state index contributed by atoms with van der Waals surface area (Å²) in [4.78, 5) is 62.9. The number of hydrogen-bond acceptors (Lipinski definition) is 11. The average molecular weight is 836 g/mol. The maximum atomic E-state index is 13.8. The number of piperazine rings is 2. The van der Waals surface area contributed by atoms with E-state index in [1.54, 1.807) is 64.2 Å². The molecule has 0 N–H and O–H groups in total. The standard InChI is InChI=1S/C22H21N5O3.C21H19F3N4O3/c1-14-23-20-17(8-5-9-18(20)30-14)26-10-12-27(13-11-26)22(29)19-15-6-3-4-7-16(15)21(28)25(2)24-19;1-26-19(29)17-5-3-2-4-16(17)18(25-26)20(30)28-8-6-27(7-9-28)14-10-13(22)11-15(12-14)31-21(23)24/h3-9H,10-13H2,1-2H3;2-5,10-12,21H,6-9H2,1H3. The van der Waals surface area contributed by atoms with Gasteiger partial charge in [0.2, 0.25) is 0 Å². The van der Waals surface area contributed by atoms with Crippen LogP contribution in [0.4, 0.5) is 24.5 Å². The van der Waals surface area contributed by atoms with Crippen LogP contribution in [-0.2, 0) is 14.1 Å². The number of ether oxygens (including phenoxy) is 1. The van der Waals surface area contributed by atoms with Crippen molar-refractivity contribution in [3.8, 4) is 5.75 Å². The van der Waals surface area contributed by atoms with Crippen LogP contribution in [0.5, 0.6) is 5.75 Å². The molecule has 0 aliphatic carbocycles. The van der Waals surface area contributed by atoms with Crippen molar-refractivity contribution in [2.24, 2.45) is 14.1 Å². The molecule has 7 aromatic rings. The molecule has 9 rings (SSSR count). The number of anilines is 2. The van der Waals surface area contributed by atoms with Crippen LogP contribution in [0.3, 0.4) is 0 Å². The smallest absolute Gasteiger partial charge is 0.387 e. The van der Waals surface area contributed by atoms with Gasteiger partial charge < -0.3 is 28.8 Å². The first-order chi connectivity index (χ1) is 29.4. The largest absolute Gasteiger partial charge is 0.441 e. The molecule has 0 atom stereocenters. The van der Waals surface area contributed by atoms with Gasteiger partial charge in [-0.3, -0.25) is 19.2 Å². The molecule has 0 spiro atoms. The highest BCUT2D eigenvalue weighted by molar-refractivity contribution is 6.05. The maximum absolute atomic E-state index is 13.8. The average Bonchev–Trinajstić information content (AvgIpc) is 3.66. The minimum Gasteiger partial charge on any atom is -0.441 e. The summed E-state index contributed by atoms with van der Waals surface area (Å²) in [7, 11) is 3.07.